The van der Waals surface area contributed by atoms with E-state index in [1.54, 1.807) is 34.6 Å². The molecule has 4 aliphatic carbocycles. The van der Waals surface area contributed by atoms with Gasteiger partial charge in [0.25, 0.3) is 0 Å². The van der Waals surface area contributed by atoms with Gasteiger partial charge in [-0.15, -0.1) is 0 Å². The highest BCUT2D eigenvalue weighted by molar-refractivity contribution is 4.65. The molecule has 0 aromatic carbocycles. The van der Waals surface area contributed by atoms with Gasteiger partial charge in [-0.3, -0.25) is 0 Å². The van der Waals surface area contributed by atoms with Crippen molar-refractivity contribution in [2.45, 2.75) is 353 Å². The summed E-state index contributed by atoms with van der Waals surface area (Å²) in [5, 5.41) is 0. The van der Waals surface area contributed by atoms with Gasteiger partial charge in [0, 0.05) is 17.8 Å². The molecule has 0 spiro atoms. The Balaban J connectivity index is -0.000000109. The molecule has 4 rings (SSSR count). The van der Waals surface area contributed by atoms with Crippen LogP contribution in [0.25, 0.3) is 0 Å². The summed E-state index contributed by atoms with van der Waals surface area (Å²) < 4.78 is 94.1. The first-order chi connectivity index (χ1) is 32.7. The second kappa shape index (κ2) is 64.3. The third-order valence-electron chi connectivity index (χ3n) is 9.12. The highest BCUT2D eigenvalue weighted by Gasteiger charge is 2.11. The molecule has 0 aromatic heterocycles. The van der Waals surface area contributed by atoms with Gasteiger partial charge >= 0.3 is 0 Å². The molecule has 0 amide bonds. The Labute approximate surface area is 416 Å². The monoisotopic (exact) mass is 884 g/mol. The molecule has 0 atom stereocenters. The fourth-order valence-corrected chi connectivity index (χ4v) is 4.74. The molecular formula is C61H138. The Hall–Kier alpha value is 0. The Bertz CT molecular complexity index is 1080. The lowest BCUT2D eigenvalue weighted by molar-refractivity contribution is 0.349. The van der Waals surface area contributed by atoms with Crippen molar-refractivity contribution in [2.24, 2.45) is 46.3 Å². The SMILES string of the molecule is CC.CC(C)(C)C.CCC.CCCC.[2H]C(C)(C)C.[2H]C([2H])(C)C(C)(C)C.[2H]C([2H])(C)C(C)C.[2H]C([2H])(C)C1CCCC1.[2H]C([2H])(C)C1CCCCC1.[2H]C([2H])(C)CC.[2H]C1(C)CCCC1.[2H]C1(C)CCCCC1. The molecular weight excluding hydrogens is 733 g/mol. The summed E-state index contributed by atoms with van der Waals surface area (Å²) in [6.07, 6.45) is 21.2. The molecule has 0 aliphatic heterocycles. The van der Waals surface area contributed by atoms with Gasteiger partial charge in [-0.2, -0.15) is 0 Å². The molecule has 0 unspecified atom stereocenters. The molecule has 4 fully saturated rings. The van der Waals surface area contributed by atoms with Crippen molar-refractivity contribution in [3.8, 4) is 0 Å². The molecule has 61 heavy (non-hydrogen) atoms. The van der Waals surface area contributed by atoms with E-state index >= 15 is 0 Å². The predicted octanol–water partition coefficient (Wildman–Crippen LogP) is 24.6. The Kier molecular flexibility index (Phi) is 53.1. The van der Waals surface area contributed by atoms with Crippen LogP contribution in [0, 0.1) is 46.3 Å². The van der Waals surface area contributed by atoms with Crippen LogP contribution in [0.2, 0.25) is 0 Å². The highest BCUT2D eigenvalue weighted by Crippen LogP contribution is 2.27. The van der Waals surface area contributed by atoms with Gasteiger partial charge in [0.15, 0.2) is 0 Å². The van der Waals surface area contributed by atoms with Crippen LogP contribution in [0.1, 0.15) is 371 Å². The molecule has 0 aromatic rings. The molecule has 0 heterocycles. The van der Waals surface area contributed by atoms with Crippen molar-refractivity contribution < 1.29 is 17.8 Å². The minimum atomic E-state index is -1.06. The second-order valence-electron chi connectivity index (χ2n) is 20.4. The molecule has 4 aliphatic rings. The van der Waals surface area contributed by atoms with Gasteiger partial charge in [0.05, 0.1) is 0 Å². The Morgan fingerprint density at radius 1 is 0.475 bits per heavy atom. The fourth-order valence-electron chi connectivity index (χ4n) is 4.74. The average Bonchev–Trinajstić information content (AvgIpc) is 3.90. The highest BCUT2D eigenvalue weighted by atomic mass is 14.2. The quantitative estimate of drug-likeness (QED) is 0.258. The van der Waals surface area contributed by atoms with Gasteiger partial charge in [0.1, 0.15) is 0 Å². The van der Waals surface area contributed by atoms with Crippen molar-refractivity contribution in [1.82, 2.24) is 0 Å². The number of rotatable bonds is 5. The molecule has 0 saturated heterocycles. The standard InChI is InChI=1S/C8H16.2C7H14.C6H12.C6H14.2C5H12.3C4H10.C3H8.C2H6/c1-2-8-6-4-3-5-7-8;1-7-5-3-2-4-6-7;1-2-7-5-3-4-6-7;1-6-4-2-3-5-6;1-5-6(2,3)4;1-5(2,3)4;1-4-5(2)3;1-4(2)3;2*1-3-4-2;1-3-2;1-2/h8H,2-7H2,1H3;2*7H,2-6H2,1H3;6H,2-5H2,1H3;5H2,1-4H3;1-4H3;5H,4H2,1-3H3;4H,1-3H3;2*3-4H2,1-2H3;3H2,1-2H3;1-2H3/i2D2;7D;2D2;6D;5D2;;4D2;4D;3D2;;;. The van der Waals surface area contributed by atoms with E-state index in [0.717, 1.165) is 51.4 Å². The summed E-state index contributed by atoms with van der Waals surface area (Å²) in [4.78, 5) is 0. The summed E-state index contributed by atoms with van der Waals surface area (Å²) >= 11 is 0. The summed E-state index contributed by atoms with van der Waals surface area (Å²) in [5.41, 5.74) is 0.271. The first kappa shape index (κ1) is 50.4. The van der Waals surface area contributed by atoms with Crippen LogP contribution >= 0.6 is 0 Å². The van der Waals surface area contributed by atoms with E-state index in [0.29, 0.717) is 23.7 Å². The number of hydrogen-bond acceptors (Lipinski definition) is 0. The third-order valence-corrected chi connectivity index (χ3v) is 9.12. The first-order valence-electron chi connectivity index (χ1n) is 32.7. The van der Waals surface area contributed by atoms with Crippen molar-refractivity contribution in [1.29, 1.82) is 0 Å². The zero-order chi connectivity index (χ0) is 61.3. The van der Waals surface area contributed by atoms with Gasteiger partial charge < -0.3 is 0 Å². The maximum Gasteiger partial charge on any atom is 0.0300 e. The molecule has 0 radical (unpaired) electrons. The van der Waals surface area contributed by atoms with E-state index in [1.807, 2.05) is 90.0 Å². The summed E-state index contributed by atoms with van der Waals surface area (Å²) in [5.74, 6) is 0.435. The van der Waals surface area contributed by atoms with Crippen LogP contribution in [0.5, 0.6) is 0 Å². The largest absolute Gasteiger partial charge is 0.0683 e. The molecule has 0 nitrogen and oxygen atoms in total. The number of unbranched alkanes of at least 4 members (excludes halogenated alkanes) is 1. The third kappa shape index (κ3) is 120. The minimum absolute atomic E-state index is 0.0556. The molecule has 0 bridgehead atoms. The Morgan fingerprint density at radius 2 is 0.656 bits per heavy atom. The maximum absolute atomic E-state index is 7.63. The van der Waals surface area contributed by atoms with Gasteiger partial charge in [-0.25, -0.2) is 0 Å². The van der Waals surface area contributed by atoms with Crippen molar-refractivity contribution in [3.63, 3.8) is 0 Å². The van der Waals surface area contributed by atoms with Gasteiger partial charge in [-0.05, 0) is 46.3 Å². The first-order valence-corrected chi connectivity index (χ1v) is 26.2. The number of hydrogen-bond donors (Lipinski definition) is 0. The smallest absolute Gasteiger partial charge is 0.0300 e. The lowest BCUT2D eigenvalue weighted by Crippen LogP contribution is -2.03. The molecule has 4 saturated carbocycles. The topological polar surface area (TPSA) is 0 Å². The van der Waals surface area contributed by atoms with Crippen LogP contribution in [0.4, 0.5) is 0 Å². The van der Waals surface area contributed by atoms with Gasteiger partial charge in [-0.1, -0.05) is 353 Å². The lowest BCUT2D eigenvalue weighted by Gasteiger charge is -2.18. The van der Waals surface area contributed by atoms with E-state index in [4.69, 9.17) is 17.8 Å². The Morgan fingerprint density at radius 3 is 0.754 bits per heavy atom. The predicted molar refractivity (Wildman–Crippen MR) is 298 cm³/mol. The molecule has 382 valence electrons. The second-order valence-corrected chi connectivity index (χ2v) is 20.4. The average molecular weight is 885 g/mol. The zero-order valence-corrected chi connectivity index (χ0v) is 48.3. The fraction of sp³-hybridized carbons (Fsp3) is 1.00. The summed E-state index contributed by atoms with van der Waals surface area (Å²) in [7, 11) is 0. The van der Waals surface area contributed by atoms with Crippen molar-refractivity contribution in [2.75, 3.05) is 0 Å². The normalized spacial score (nSPS) is 21.7. The van der Waals surface area contributed by atoms with Crippen molar-refractivity contribution in [3.05, 3.63) is 0 Å². The van der Waals surface area contributed by atoms with E-state index < -0.39 is 31.9 Å². The van der Waals surface area contributed by atoms with Crippen LogP contribution in [0.15, 0.2) is 0 Å². The lowest BCUT2D eigenvalue weighted by atomic mass is 9.88. The molecule has 0 heteroatoms. The van der Waals surface area contributed by atoms with Crippen LogP contribution in [-0.4, -0.2) is 0 Å². The van der Waals surface area contributed by atoms with E-state index in [9.17, 15) is 0 Å². The van der Waals surface area contributed by atoms with Crippen molar-refractivity contribution >= 4 is 0 Å². The van der Waals surface area contributed by atoms with E-state index in [2.05, 4.69) is 55.4 Å². The van der Waals surface area contributed by atoms with Crippen LogP contribution < -0.4 is 0 Å². The van der Waals surface area contributed by atoms with Crippen LogP contribution in [0.3, 0.4) is 0 Å². The molecule has 0 N–H and O–H groups in total. The van der Waals surface area contributed by atoms with E-state index in [-0.39, 0.29) is 29.0 Å². The summed E-state index contributed by atoms with van der Waals surface area (Å²) in [6, 6.07) is 0. The zero-order valence-electron chi connectivity index (χ0n) is 61.3. The minimum Gasteiger partial charge on any atom is -0.0683 e. The maximum atomic E-state index is 7.63. The summed E-state index contributed by atoms with van der Waals surface area (Å²) in [6.45, 7) is 50.5. The van der Waals surface area contributed by atoms with E-state index in [1.165, 1.54) is 83.5 Å². The van der Waals surface area contributed by atoms with Gasteiger partial charge in [0.2, 0.25) is 0 Å². The van der Waals surface area contributed by atoms with Crippen LogP contribution in [-0.2, 0) is 0 Å².